The monoisotopic (exact) mass is 359 g/mol. The average molecular weight is 359 g/mol. The lowest BCUT2D eigenvalue weighted by atomic mass is 9.61. The summed E-state index contributed by atoms with van der Waals surface area (Å²) in [5.74, 6) is 1.45. The van der Waals surface area contributed by atoms with Crippen LogP contribution >= 0.6 is 0 Å². The molecular formula is C20H29N3O3. The average Bonchev–Trinajstić information content (AvgIpc) is 3.24. The van der Waals surface area contributed by atoms with E-state index in [0.717, 1.165) is 55.2 Å². The van der Waals surface area contributed by atoms with Crippen LogP contribution < -0.4 is 4.74 Å². The van der Waals surface area contributed by atoms with Crippen LogP contribution in [0.3, 0.4) is 0 Å². The first kappa shape index (κ1) is 17.7. The number of ether oxygens (including phenoxy) is 3. The van der Waals surface area contributed by atoms with Gasteiger partial charge in [-0.3, -0.25) is 4.40 Å². The van der Waals surface area contributed by atoms with Gasteiger partial charge in [0.15, 0.2) is 0 Å². The molecule has 6 rings (SSSR count). The molecule has 4 aliphatic rings. The summed E-state index contributed by atoms with van der Waals surface area (Å²) in [6.07, 6.45) is 10.0. The predicted molar refractivity (Wildman–Crippen MR) is 98.8 cm³/mol. The maximum absolute atomic E-state index is 6.01. The largest absolute Gasteiger partial charge is 0.474 e. The van der Waals surface area contributed by atoms with Crippen LogP contribution in [0.4, 0.5) is 0 Å². The Morgan fingerprint density at radius 3 is 2.65 bits per heavy atom. The van der Waals surface area contributed by atoms with Gasteiger partial charge >= 0.3 is 0 Å². The highest BCUT2D eigenvalue weighted by Crippen LogP contribution is 2.58. The van der Waals surface area contributed by atoms with E-state index < -0.39 is 0 Å². The van der Waals surface area contributed by atoms with Crippen molar-refractivity contribution in [1.29, 1.82) is 0 Å². The summed E-state index contributed by atoms with van der Waals surface area (Å²) >= 11 is 0. The van der Waals surface area contributed by atoms with E-state index in [1.54, 1.807) is 7.11 Å². The molecule has 0 radical (unpaired) electrons. The predicted octanol–water partition coefficient (Wildman–Crippen LogP) is 3.44. The van der Waals surface area contributed by atoms with Gasteiger partial charge < -0.3 is 14.2 Å². The molecule has 2 saturated carbocycles. The molecular weight excluding hydrogens is 330 g/mol. The fourth-order valence-electron chi connectivity index (χ4n) is 4.36. The lowest BCUT2D eigenvalue weighted by molar-refractivity contribution is -0.0614. The van der Waals surface area contributed by atoms with E-state index in [-0.39, 0.29) is 11.0 Å². The van der Waals surface area contributed by atoms with E-state index in [2.05, 4.69) is 17.4 Å². The molecule has 0 N–H and O–H groups in total. The van der Waals surface area contributed by atoms with Crippen LogP contribution in [0, 0.1) is 6.92 Å². The van der Waals surface area contributed by atoms with Gasteiger partial charge in [0, 0.05) is 30.5 Å². The van der Waals surface area contributed by atoms with Gasteiger partial charge in [0.1, 0.15) is 6.10 Å². The molecule has 2 aromatic heterocycles. The van der Waals surface area contributed by atoms with Crippen LogP contribution in [-0.2, 0) is 14.9 Å². The molecule has 0 spiro atoms. The Labute approximate surface area is 154 Å². The molecule has 142 valence electrons. The number of methoxy groups -OCH3 is 1. The molecule has 2 aliphatic carbocycles. The minimum atomic E-state index is -0.0909. The van der Waals surface area contributed by atoms with Crippen molar-refractivity contribution in [3.8, 4) is 5.88 Å². The van der Waals surface area contributed by atoms with Gasteiger partial charge in [0.25, 0.3) is 0 Å². The topological polar surface area (TPSA) is 57.9 Å². The van der Waals surface area contributed by atoms with Gasteiger partial charge in [-0.15, -0.1) is 0 Å². The van der Waals surface area contributed by atoms with Crippen molar-refractivity contribution < 1.29 is 14.2 Å². The van der Waals surface area contributed by atoms with Gasteiger partial charge in [-0.05, 0) is 39.0 Å². The second-order valence-electron chi connectivity index (χ2n) is 7.77. The van der Waals surface area contributed by atoms with Crippen LogP contribution in [-0.4, -0.2) is 46.4 Å². The lowest BCUT2D eigenvalue weighted by Crippen LogP contribution is -2.49. The molecule has 0 aromatic carbocycles. The van der Waals surface area contributed by atoms with Crippen LogP contribution in [0.25, 0.3) is 5.78 Å². The summed E-state index contributed by atoms with van der Waals surface area (Å²) in [5, 5.41) is 0. The van der Waals surface area contributed by atoms with Crippen LogP contribution in [0.5, 0.6) is 5.88 Å². The number of rotatable bonds is 5. The Hall–Kier alpha value is -1.66. The van der Waals surface area contributed by atoms with Crippen LogP contribution in [0.1, 0.15) is 57.2 Å². The van der Waals surface area contributed by atoms with Crippen LogP contribution in [0.15, 0.2) is 12.4 Å². The molecule has 2 bridgehead atoms. The van der Waals surface area contributed by atoms with Gasteiger partial charge in [-0.1, -0.05) is 13.8 Å². The van der Waals surface area contributed by atoms with E-state index in [9.17, 15) is 0 Å². The first-order valence-electron chi connectivity index (χ1n) is 9.78. The third-order valence-corrected chi connectivity index (χ3v) is 5.84. The van der Waals surface area contributed by atoms with E-state index in [0.29, 0.717) is 12.7 Å². The second kappa shape index (κ2) is 6.50. The molecule has 0 atom stereocenters. The fourth-order valence-corrected chi connectivity index (χ4v) is 4.36. The molecule has 4 fully saturated rings. The third kappa shape index (κ3) is 2.70. The van der Waals surface area contributed by atoms with Crippen molar-refractivity contribution >= 4 is 5.78 Å². The summed E-state index contributed by atoms with van der Waals surface area (Å²) < 4.78 is 19.3. The summed E-state index contributed by atoms with van der Waals surface area (Å²) in [6, 6.07) is 0. The zero-order chi connectivity index (χ0) is 18.4. The number of imidazole rings is 1. The van der Waals surface area contributed by atoms with Gasteiger partial charge in [-0.25, -0.2) is 4.98 Å². The zero-order valence-corrected chi connectivity index (χ0v) is 16.2. The normalized spacial score (nSPS) is 29.7. The fraction of sp³-hybridized carbons (Fsp3) is 0.700. The highest BCUT2D eigenvalue weighted by Gasteiger charge is 2.64. The Bertz CT molecular complexity index is 791. The highest BCUT2D eigenvalue weighted by molar-refractivity contribution is 5.41. The van der Waals surface area contributed by atoms with Crippen molar-refractivity contribution in [2.75, 3.05) is 20.3 Å². The minimum absolute atomic E-state index is 0.0368. The molecule has 6 heteroatoms. The Kier molecular flexibility index (Phi) is 4.43. The molecule has 4 heterocycles. The SMILES string of the molecule is CC.COCC12CC(c3cn4cc(C)c(OC5CCC5)nc4n3)(CO1)C2. The Morgan fingerprint density at radius 1 is 1.23 bits per heavy atom. The van der Waals surface area contributed by atoms with Crippen LogP contribution in [0.2, 0.25) is 0 Å². The van der Waals surface area contributed by atoms with Crippen molar-refractivity contribution in [2.45, 2.75) is 70.0 Å². The third-order valence-electron chi connectivity index (χ3n) is 5.84. The van der Waals surface area contributed by atoms with Gasteiger partial charge in [-0.2, -0.15) is 4.98 Å². The van der Waals surface area contributed by atoms with Crippen molar-refractivity contribution in [3.05, 3.63) is 23.7 Å². The minimum Gasteiger partial charge on any atom is -0.474 e. The molecule has 2 saturated heterocycles. The van der Waals surface area contributed by atoms with Crippen molar-refractivity contribution in [1.82, 2.24) is 14.4 Å². The number of hydrogen-bond acceptors (Lipinski definition) is 5. The Morgan fingerprint density at radius 2 is 2.00 bits per heavy atom. The molecule has 6 nitrogen and oxygen atoms in total. The molecule has 0 unspecified atom stereocenters. The number of aromatic nitrogens is 3. The number of nitrogens with zero attached hydrogens (tertiary/aromatic N) is 3. The number of fused-ring (bicyclic) bond motifs is 2. The molecule has 0 amide bonds. The molecule has 26 heavy (non-hydrogen) atoms. The quantitative estimate of drug-likeness (QED) is 0.818. The van der Waals surface area contributed by atoms with E-state index in [4.69, 9.17) is 19.2 Å². The smallest absolute Gasteiger partial charge is 0.237 e. The second-order valence-corrected chi connectivity index (χ2v) is 7.77. The maximum atomic E-state index is 6.01. The van der Waals surface area contributed by atoms with Gasteiger partial charge in [0.2, 0.25) is 11.7 Å². The highest BCUT2D eigenvalue weighted by atomic mass is 16.5. The zero-order valence-electron chi connectivity index (χ0n) is 16.2. The maximum Gasteiger partial charge on any atom is 0.237 e. The van der Waals surface area contributed by atoms with Crippen molar-refractivity contribution in [2.24, 2.45) is 0 Å². The summed E-state index contributed by atoms with van der Waals surface area (Å²) in [6.45, 7) is 7.44. The van der Waals surface area contributed by atoms with Gasteiger partial charge in [0.05, 0.1) is 24.5 Å². The first-order chi connectivity index (χ1) is 12.6. The molecule has 2 aromatic rings. The Balaban J connectivity index is 0.000000814. The summed E-state index contributed by atoms with van der Waals surface area (Å²) in [7, 11) is 1.73. The van der Waals surface area contributed by atoms with Crippen molar-refractivity contribution in [3.63, 3.8) is 0 Å². The van der Waals surface area contributed by atoms with E-state index in [1.165, 1.54) is 6.42 Å². The molecule has 2 aliphatic heterocycles. The van der Waals surface area contributed by atoms with E-state index in [1.807, 2.05) is 25.2 Å². The summed E-state index contributed by atoms with van der Waals surface area (Å²) in [5.41, 5.74) is 2.09. The lowest BCUT2D eigenvalue weighted by Gasteiger charge is -2.43. The first-order valence-corrected chi connectivity index (χ1v) is 9.78. The van der Waals surface area contributed by atoms with E-state index >= 15 is 0 Å². The number of hydrogen-bond donors (Lipinski definition) is 0. The standard InChI is InChI=1S/C18H23N3O3.C2H6/c1-12-6-21-7-14(17-8-18(9-17,11-22-2)23-10-17)19-16(21)20-15(12)24-13-4-3-5-13;1-2/h6-7,13H,3-5,8-11H2,1-2H3;1-2H3. The number of aryl methyl sites for hydroxylation is 1. The summed E-state index contributed by atoms with van der Waals surface area (Å²) in [4.78, 5) is 9.45.